The van der Waals surface area contributed by atoms with E-state index in [4.69, 9.17) is 0 Å². The van der Waals surface area contributed by atoms with E-state index in [0.29, 0.717) is 23.3 Å². The third kappa shape index (κ3) is 4.02. The lowest BCUT2D eigenvalue weighted by Gasteiger charge is -2.15. The highest BCUT2D eigenvalue weighted by Crippen LogP contribution is 2.19. The van der Waals surface area contributed by atoms with Gasteiger partial charge in [0, 0.05) is 24.7 Å². The second kappa shape index (κ2) is 7.81. The van der Waals surface area contributed by atoms with Crippen LogP contribution in [0.15, 0.2) is 47.5 Å². The summed E-state index contributed by atoms with van der Waals surface area (Å²) in [5, 5.41) is 9.89. The number of aromatic amines is 1. The summed E-state index contributed by atoms with van der Waals surface area (Å²) in [7, 11) is 1.61. The first-order chi connectivity index (χ1) is 13.0. The maximum absolute atomic E-state index is 11.9. The average Bonchev–Trinajstić information content (AvgIpc) is 2.71. The number of hydrogen-bond acceptors (Lipinski definition) is 5. The van der Waals surface area contributed by atoms with Crippen LogP contribution in [0.1, 0.15) is 12.5 Å². The predicted octanol–water partition coefficient (Wildman–Crippen LogP) is 1.18. The van der Waals surface area contributed by atoms with Crippen LogP contribution in [0.4, 0.5) is 0 Å². The summed E-state index contributed by atoms with van der Waals surface area (Å²) in [5.41, 5.74) is 2.46. The zero-order valence-corrected chi connectivity index (χ0v) is 14.9. The van der Waals surface area contributed by atoms with Crippen LogP contribution in [0.2, 0.25) is 0 Å². The number of aliphatic hydroxyl groups excluding tert-OH is 1. The van der Waals surface area contributed by atoms with Crippen molar-refractivity contribution < 1.29 is 9.90 Å². The first-order valence-electron chi connectivity index (χ1n) is 8.39. The summed E-state index contributed by atoms with van der Waals surface area (Å²) in [5.74, 6) is 4.93. The van der Waals surface area contributed by atoms with Gasteiger partial charge in [-0.2, -0.15) is 0 Å². The standard InChI is InChI=1S/C20H18N4O3/c1-3-24(2)20(27)17(25)10-7-13-5-4-6-14(11-13)15-8-9-16-18(23-15)19(26)22-12-21-16/h4-6,8-9,11-12,17,25H,3H2,1-2H3,(H,21,22,26). The first kappa shape index (κ1) is 18.3. The number of pyridine rings is 1. The molecule has 1 unspecified atom stereocenters. The summed E-state index contributed by atoms with van der Waals surface area (Å²) in [6.45, 7) is 2.31. The number of aromatic nitrogens is 3. The molecule has 2 aromatic heterocycles. The van der Waals surface area contributed by atoms with Crippen LogP contribution >= 0.6 is 0 Å². The maximum Gasteiger partial charge on any atom is 0.277 e. The number of rotatable bonds is 3. The van der Waals surface area contributed by atoms with Gasteiger partial charge < -0.3 is 15.0 Å². The Kier molecular flexibility index (Phi) is 5.29. The van der Waals surface area contributed by atoms with E-state index in [1.165, 1.54) is 11.2 Å². The largest absolute Gasteiger partial charge is 0.372 e. The van der Waals surface area contributed by atoms with E-state index in [0.717, 1.165) is 5.56 Å². The summed E-state index contributed by atoms with van der Waals surface area (Å²) in [4.78, 5) is 36.1. The Balaban J connectivity index is 1.91. The SMILES string of the molecule is CCN(C)C(=O)C(O)C#Cc1cccc(-c2ccc3nc[nH]c(=O)c3n2)c1. The smallest absolute Gasteiger partial charge is 0.277 e. The van der Waals surface area contributed by atoms with E-state index in [1.54, 1.807) is 37.4 Å². The van der Waals surface area contributed by atoms with Crippen LogP contribution in [-0.2, 0) is 4.79 Å². The summed E-state index contributed by atoms with van der Waals surface area (Å²) in [6.07, 6.45) is -0.0350. The molecule has 1 amide bonds. The van der Waals surface area contributed by atoms with Gasteiger partial charge in [0.2, 0.25) is 0 Å². The van der Waals surface area contributed by atoms with Gasteiger partial charge in [0.05, 0.1) is 17.5 Å². The van der Waals surface area contributed by atoms with Gasteiger partial charge >= 0.3 is 0 Å². The molecule has 3 aromatic rings. The molecule has 0 aliphatic heterocycles. The Bertz CT molecular complexity index is 1110. The molecule has 0 saturated heterocycles. The topological polar surface area (TPSA) is 99.2 Å². The van der Waals surface area contributed by atoms with Crippen LogP contribution in [0.3, 0.4) is 0 Å². The molecule has 0 fully saturated rings. The number of benzene rings is 1. The van der Waals surface area contributed by atoms with Crippen LogP contribution in [0.5, 0.6) is 0 Å². The summed E-state index contributed by atoms with van der Waals surface area (Å²) < 4.78 is 0. The van der Waals surface area contributed by atoms with E-state index in [2.05, 4.69) is 26.8 Å². The number of likely N-dealkylation sites (N-methyl/N-ethyl adjacent to an activating group) is 1. The highest BCUT2D eigenvalue weighted by atomic mass is 16.3. The monoisotopic (exact) mass is 362 g/mol. The number of carbonyl (C=O) groups excluding carboxylic acids is 1. The molecule has 2 heterocycles. The number of H-pyrrole nitrogens is 1. The van der Waals surface area contributed by atoms with Gasteiger partial charge in [-0.3, -0.25) is 9.59 Å². The van der Waals surface area contributed by atoms with Crippen molar-refractivity contribution in [2.45, 2.75) is 13.0 Å². The van der Waals surface area contributed by atoms with Crippen molar-refractivity contribution in [2.75, 3.05) is 13.6 Å². The van der Waals surface area contributed by atoms with Crippen molar-refractivity contribution in [1.29, 1.82) is 0 Å². The van der Waals surface area contributed by atoms with Crippen molar-refractivity contribution in [2.24, 2.45) is 0 Å². The van der Waals surface area contributed by atoms with E-state index >= 15 is 0 Å². The minimum Gasteiger partial charge on any atom is -0.372 e. The average molecular weight is 362 g/mol. The van der Waals surface area contributed by atoms with E-state index in [9.17, 15) is 14.7 Å². The highest BCUT2D eigenvalue weighted by Gasteiger charge is 2.15. The molecule has 3 rings (SSSR count). The van der Waals surface area contributed by atoms with Crippen molar-refractivity contribution in [3.8, 4) is 23.1 Å². The minimum atomic E-state index is -1.37. The van der Waals surface area contributed by atoms with Gasteiger partial charge in [-0.05, 0) is 31.2 Å². The molecule has 7 heteroatoms. The van der Waals surface area contributed by atoms with Gasteiger partial charge in [0.25, 0.3) is 11.5 Å². The molecule has 1 aromatic carbocycles. The molecule has 0 bridgehead atoms. The normalized spacial score (nSPS) is 11.5. The quantitative estimate of drug-likeness (QED) is 0.682. The van der Waals surface area contributed by atoms with Crippen LogP contribution in [0.25, 0.3) is 22.3 Å². The number of carbonyl (C=O) groups is 1. The summed E-state index contributed by atoms with van der Waals surface area (Å²) >= 11 is 0. The molecular weight excluding hydrogens is 344 g/mol. The third-order valence-electron chi connectivity index (χ3n) is 4.08. The second-order valence-corrected chi connectivity index (χ2v) is 5.90. The lowest BCUT2D eigenvalue weighted by Crippen LogP contribution is -2.35. The Morgan fingerprint density at radius 1 is 1.33 bits per heavy atom. The number of nitrogens with one attached hydrogen (secondary N) is 1. The lowest BCUT2D eigenvalue weighted by atomic mass is 10.1. The van der Waals surface area contributed by atoms with Crippen molar-refractivity contribution in [1.82, 2.24) is 19.9 Å². The zero-order valence-electron chi connectivity index (χ0n) is 14.9. The molecule has 7 nitrogen and oxygen atoms in total. The molecule has 0 aliphatic carbocycles. The fraction of sp³-hybridized carbons (Fsp3) is 0.200. The van der Waals surface area contributed by atoms with Gasteiger partial charge in [-0.1, -0.05) is 24.0 Å². The van der Waals surface area contributed by atoms with Gasteiger partial charge in [0.1, 0.15) is 0 Å². The molecule has 0 saturated carbocycles. The molecule has 136 valence electrons. The molecule has 27 heavy (non-hydrogen) atoms. The van der Waals surface area contributed by atoms with Gasteiger partial charge in [0.15, 0.2) is 11.6 Å². The van der Waals surface area contributed by atoms with Crippen LogP contribution in [0, 0.1) is 11.8 Å². The molecule has 1 atom stereocenters. The van der Waals surface area contributed by atoms with Gasteiger partial charge in [-0.25, -0.2) is 9.97 Å². The lowest BCUT2D eigenvalue weighted by molar-refractivity contribution is -0.135. The van der Waals surface area contributed by atoms with Crippen LogP contribution < -0.4 is 5.56 Å². The van der Waals surface area contributed by atoms with Crippen molar-refractivity contribution in [3.05, 3.63) is 58.6 Å². The van der Waals surface area contributed by atoms with E-state index < -0.39 is 12.0 Å². The third-order valence-corrected chi connectivity index (χ3v) is 4.08. The van der Waals surface area contributed by atoms with Crippen molar-refractivity contribution >= 4 is 16.9 Å². The number of fused-ring (bicyclic) bond motifs is 1. The molecule has 0 radical (unpaired) electrons. The maximum atomic E-state index is 11.9. The Labute approximate surface area is 155 Å². The molecule has 2 N–H and O–H groups in total. The van der Waals surface area contributed by atoms with E-state index in [1.807, 2.05) is 13.0 Å². The van der Waals surface area contributed by atoms with Crippen molar-refractivity contribution in [3.63, 3.8) is 0 Å². The van der Waals surface area contributed by atoms with E-state index in [-0.39, 0.29) is 11.1 Å². The minimum absolute atomic E-state index is 0.259. The fourth-order valence-corrected chi connectivity index (χ4v) is 2.45. The molecule has 0 aliphatic rings. The highest BCUT2D eigenvalue weighted by molar-refractivity contribution is 5.83. The first-order valence-corrected chi connectivity index (χ1v) is 8.39. The van der Waals surface area contributed by atoms with Crippen LogP contribution in [-0.4, -0.2) is 50.6 Å². The molecule has 0 spiro atoms. The number of amides is 1. The zero-order chi connectivity index (χ0) is 19.4. The molecular formula is C20H18N4O3. The number of nitrogens with zero attached hydrogens (tertiary/aromatic N) is 3. The Morgan fingerprint density at radius 2 is 2.15 bits per heavy atom. The second-order valence-electron chi connectivity index (χ2n) is 5.90. The summed E-state index contributed by atoms with van der Waals surface area (Å²) in [6, 6.07) is 10.7. The number of hydrogen-bond donors (Lipinski definition) is 2. The fourth-order valence-electron chi connectivity index (χ4n) is 2.45. The Hall–Kier alpha value is -3.50. The Morgan fingerprint density at radius 3 is 2.93 bits per heavy atom. The van der Waals surface area contributed by atoms with Gasteiger partial charge in [-0.15, -0.1) is 0 Å². The number of aliphatic hydroxyl groups is 1. The predicted molar refractivity (Wildman–Crippen MR) is 102 cm³/mol.